The third kappa shape index (κ3) is 10.2. The molecule has 1 aromatic carbocycles. The van der Waals surface area contributed by atoms with Crippen molar-refractivity contribution in [2.45, 2.75) is 118 Å². The van der Waals surface area contributed by atoms with Crippen LogP contribution in [0.15, 0.2) is 58.7 Å². The highest BCUT2D eigenvalue weighted by molar-refractivity contribution is 5.47. The van der Waals surface area contributed by atoms with Gasteiger partial charge in [-0.2, -0.15) is 0 Å². The van der Waals surface area contributed by atoms with E-state index in [-0.39, 0.29) is 11.7 Å². The van der Waals surface area contributed by atoms with E-state index >= 15 is 0 Å². The molecule has 0 radical (unpaired) electrons. The zero-order valence-electron chi connectivity index (χ0n) is 24.5. The largest absolute Gasteiger partial charge is 0.508 e. The van der Waals surface area contributed by atoms with Crippen molar-refractivity contribution in [1.82, 2.24) is 0 Å². The van der Waals surface area contributed by atoms with Crippen molar-refractivity contribution in [3.8, 4) is 11.5 Å². The molecular formula is C33H50O4. The maximum atomic E-state index is 10.4. The fraction of sp³-hybridized carbons (Fsp3) is 0.576. The number of allylic oxidation sites excluding steroid dienone is 6. The van der Waals surface area contributed by atoms with Gasteiger partial charge < -0.3 is 19.7 Å². The number of aryl methyl sites for hydroxylation is 2. The second kappa shape index (κ2) is 14.6. The summed E-state index contributed by atoms with van der Waals surface area (Å²) >= 11 is 0. The molecule has 206 valence electrons. The fourth-order valence-electron chi connectivity index (χ4n) is 5.07. The van der Waals surface area contributed by atoms with Crippen LogP contribution in [0.3, 0.4) is 0 Å². The van der Waals surface area contributed by atoms with Gasteiger partial charge >= 0.3 is 0 Å². The summed E-state index contributed by atoms with van der Waals surface area (Å²) in [6.07, 6.45) is 15.9. The summed E-state index contributed by atoms with van der Waals surface area (Å²) in [6, 6.07) is 3.62. The number of aliphatic hydroxyl groups is 1. The van der Waals surface area contributed by atoms with Gasteiger partial charge in [0, 0.05) is 7.11 Å². The minimum Gasteiger partial charge on any atom is -0.508 e. The first kappa shape index (κ1) is 30.9. The third-order valence-electron chi connectivity index (χ3n) is 7.33. The van der Waals surface area contributed by atoms with Gasteiger partial charge in [0.05, 0.1) is 0 Å². The molecule has 3 atom stereocenters. The maximum absolute atomic E-state index is 10.4. The van der Waals surface area contributed by atoms with Gasteiger partial charge in [0.1, 0.15) is 29.3 Å². The number of hydrogen-bond donors (Lipinski definition) is 2. The van der Waals surface area contributed by atoms with E-state index < -0.39 is 6.10 Å². The summed E-state index contributed by atoms with van der Waals surface area (Å²) in [5, 5.41) is 20.2. The molecule has 1 aliphatic rings. The first-order valence-corrected chi connectivity index (χ1v) is 13.8. The Morgan fingerprint density at radius 2 is 1.65 bits per heavy atom. The lowest BCUT2D eigenvalue weighted by Gasteiger charge is -2.36. The molecule has 2 N–H and O–H groups in total. The normalized spacial score (nSPS) is 20.2. The van der Waals surface area contributed by atoms with Gasteiger partial charge in [-0.05, 0) is 129 Å². The van der Waals surface area contributed by atoms with E-state index in [9.17, 15) is 10.2 Å². The lowest BCUT2D eigenvalue weighted by molar-refractivity contribution is 0.0351. The number of ether oxygens (including phenoxy) is 2. The summed E-state index contributed by atoms with van der Waals surface area (Å²) in [6.45, 7) is 14.7. The van der Waals surface area contributed by atoms with Gasteiger partial charge in [0.15, 0.2) is 0 Å². The summed E-state index contributed by atoms with van der Waals surface area (Å²) in [5.74, 6) is 1.28. The number of fused-ring (bicyclic) bond motifs is 1. The smallest absolute Gasteiger partial charge is 0.126 e. The molecule has 4 heteroatoms. The van der Waals surface area contributed by atoms with Gasteiger partial charge in [0.25, 0.3) is 0 Å². The quantitative estimate of drug-likeness (QED) is 0.262. The molecule has 0 bridgehead atoms. The van der Waals surface area contributed by atoms with Crippen LogP contribution >= 0.6 is 0 Å². The van der Waals surface area contributed by atoms with Gasteiger partial charge in [-0.15, -0.1) is 0 Å². The van der Waals surface area contributed by atoms with Crippen molar-refractivity contribution in [2.24, 2.45) is 0 Å². The van der Waals surface area contributed by atoms with Crippen LogP contribution in [0.4, 0.5) is 0 Å². The number of rotatable bonds is 13. The molecule has 0 saturated carbocycles. The fourth-order valence-corrected chi connectivity index (χ4v) is 5.07. The average molecular weight is 511 g/mol. The summed E-state index contributed by atoms with van der Waals surface area (Å²) in [7, 11) is 1.65. The zero-order chi connectivity index (χ0) is 27.6. The molecule has 0 aromatic heterocycles. The number of phenols is 1. The highest BCUT2D eigenvalue weighted by atomic mass is 16.5. The third-order valence-corrected chi connectivity index (χ3v) is 7.33. The number of benzene rings is 1. The maximum Gasteiger partial charge on any atom is 0.126 e. The van der Waals surface area contributed by atoms with Gasteiger partial charge in [-0.1, -0.05) is 41.0 Å². The Hall–Kier alpha value is -2.30. The van der Waals surface area contributed by atoms with Crippen LogP contribution < -0.4 is 4.74 Å². The zero-order valence-corrected chi connectivity index (χ0v) is 24.5. The van der Waals surface area contributed by atoms with Crippen LogP contribution in [0.25, 0.3) is 0 Å². The van der Waals surface area contributed by atoms with Gasteiger partial charge in [0.2, 0.25) is 0 Å². The Bertz CT molecular complexity index is 1010. The molecule has 1 unspecified atom stereocenters. The Morgan fingerprint density at radius 3 is 2.27 bits per heavy atom. The van der Waals surface area contributed by atoms with E-state index in [0.29, 0.717) is 5.75 Å². The molecule has 1 aliphatic heterocycles. The van der Waals surface area contributed by atoms with Gasteiger partial charge in [-0.3, -0.25) is 0 Å². The summed E-state index contributed by atoms with van der Waals surface area (Å²) in [4.78, 5) is 0. The van der Waals surface area contributed by atoms with Crippen LogP contribution in [0, 0.1) is 6.92 Å². The Labute approximate surface area is 225 Å². The number of aliphatic hydroxyl groups excluding tert-OH is 1. The highest BCUT2D eigenvalue weighted by Crippen LogP contribution is 2.39. The van der Waals surface area contributed by atoms with Crippen LogP contribution in [0.1, 0.15) is 97.6 Å². The van der Waals surface area contributed by atoms with E-state index in [0.717, 1.165) is 79.4 Å². The molecule has 4 nitrogen and oxygen atoms in total. The predicted octanol–water partition coefficient (Wildman–Crippen LogP) is 8.31. The van der Waals surface area contributed by atoms with Crippen LogP contribution in [0.5, 0.6) is 11.5 Å². The topological polar surface area (TPSA) is 58.9 Å². The summed E-state index contributed by atoms with van der Waals surface area (Å²) < 4.78 is 12.0. The molecule has 1 heterocycles. The van der Waals surface area contributed by atoms with Gasteiger partial charge in [-0.25, -0.2) is 0 Å². The minimum absolute atomic E-state index is 0.156. The van der Waals surface area contributed by atoms with Crippen molar-refractivity contribution in [2.75, 3.05) is 7.11 Å². The number of hydrogen-bond acceptors (Lipinski definition) is 4. The monoisotopic (exact) mass is 510 g/mol. The minimum atomic E-state index is -0.612. The molecule has 2 rings (SSSR count). The van der Waals surface area contributed by atoms with Crippen LogP contribution in [-0.2, 0) is 11.2 Å². The molecule has 1 aromatic rings. The van der Waals surface area contributed by atoms with E-state index in [4.69, 9.17) is 9.47 Å². The van der Waals surface area contributed by atoms with Crippen molar-refractivity contribution in [3.63, 3.8) is 0 Å². The lowest BCUT2D eigenvalue weighted by atomic mass is 9.87. The second-order valence-electron chi connectivity index (χ2n) is 11.4. The first-order valence-electron chi connectivity index (χ1n) is 13.8. The number of aromatic hydroxyl groups is 1. The first-order chi connectivity index (χ1) is 17.4. The molecule has 0 fully saturated rings. The van der Waals surface area contributed by atoms with Crippen molar-refractivity contribution in [3.05, 3.63) is 69.9 Å². The van der Waals surface area contributed by atoms with Crippen LogP contribution in [0.2, 0.25) is 0 Å². The molecule has 0 spiro atoms. The Balaban J connectivity index is 1.77. The lowest BCUT2D eigenvalue weighted by Crippen LogP contribution is -2.36. The van der Waals surface area contributed by atoms with Crippen LogP contribution in [-0.4, -0.2) is 35.1 Å². The molecule has 0 saturated heterocycles. The Kier molecular flexibility index (Phi) is 12.2. The van der Waals surface area contributed by atoms with E-state index in [1.54, 1.807) is 13.2 Å². The molecular weight excluding hydrogens is 460 g/mol. The SMILES string of the molecule is COC(/C(C)=C/CC/C(C)=C/CC/C(C)=C/CC[C@]1(C)CCc2cc(O)cc(C)c2O1)[C@H](O)C=C(C)C. The predicted molar refractivity (Wildman–Crippen MR) is 155 cm³/mol. The number of phenolic OH excluding ortho intramolecular Hbond substituents is 1. The van der Waals surface area contributed by atoms with Crippen molar-refractivity contribution in [1.29, 1.82) is 0 Å². The van der Waals surface area contributed by atoms with E-state index in [1.165, 1.54) is 11.1 Å². The van der Waals surface area contributed by atoms with E-state index in [1.807, 2.05) is 39.8 Å². The molecule has 0 aliphatic carbocycles. The molecule has 0 amide bonds. The highest BCUT2D eigenvalue weighted by Gasteiger charge is 2.32. The average Bonchev–Trinajstić information content (AvgIpc) is 2.79. The molecule has 37 heavy (non-hydrogen) atoms. The van der Waals surface area contributed by atoms with E-state index in [2.05, 4.69) is 39.0 Å². The second-order valence-corrected chi connectivity index (χ2v) is 11.4. The van der Waals surface area contributed by atoms with Crippen molar-refractivity contribution >= 4 is 0 Å². The standard InChI is InChI=1S/C33H50O4/c1-23(2)20-30(35)32(36-8)26(5)16-10-14-24(3)12-9-13-25(4)15-11-18-33(7)19-17-28-22-29(34)21-27(6)31(28)37-33/h12,15-16,20-22,30,32,34-35H,9-11,13-14,17-19H2,1-8H3/b24-12+,25-15+,26-16+/t30-,32?,33-/m1/s1. The summed E-state index contributed by atoms with van der Waals surface area (Å²) in [5.41, 5.74) is 6.97. The Morgan fingerprint density at radius 1 is 1.03 bits per heavy atom. The van der Waals surface area contributed by atoms with Crippen molar-refractivity contribution < 1.29 is 19.7 Å². The number of methoxy groups -OCH3 is 1.